The lowest BCUT2D eigenvalue weighted by Crippen LogP contribution is -2.29. The van der Waals surface area contributed by atoms with Crippen molar-refractivity contribution in [1.82, 2.24) is 20.1 Å². The number of ether oxygens (including phenoxy) is 1. The lowest BCUT2D eigenvalue weighted by Gasteiger charge is -2.28. The van der Waals surface area contributed by atoms with E-state index in [-0.39, 0.29) is 5.41 Å². The Morgan fingerprint density at radius 1 is 1.21 bits per heavy atom. The van der Waals surface area contributed by atoms with Gasteiger partial charge in [-0.3, -0.25) is 0 Å². The number of carbonyl (C=O) groups excluding carboxylic acids is 1. The highest BCUT2D eigenvalue weighted by Gasteiger charge is 2.33. The number of halogens is 1. The van der Waals surface area contributed by atoms with Crippen LogP contribution in [0.4, 0.5) is 4.79 Å². The number of benzene rings is 1. The number of carbonyl (C=O) groups is 1. The maximum Gasteiger partial charge on any atom is 0.407 e. The van der Waals surface area contributed by atoms with Gasteiger partial charge in [-0.05, 0) is 42.1 Å². The third-order valence-electron chi connectivity index (χ3n) is 4.11. The Labute approximate surface area is 179 Å². The highest BCUT2D eigenvalue weighted by molar-refractivity contribution is 7.99. The number of pyridine rings is 1. The Morgan fingerprint density at radius 2 is 1.93 bits per heavy atom. The van der Waals surface area contributed by atoms with Crippen molar-refractivity contribution in [2.75, 3.05) is 7.05 Å². The van der Waals surface area contributed by atoms with Gasteiger partial charge in [0.2, 0.25) is 0 Å². The summed E-state index contributed by atoms with van der Waals surface area (Å²) in [6.45, 7) is 6.00. The van der Waals surface area contributed by atoms with Gasteiger partial charge in [-0.2, -0.15) is 5.10 Å². The fourth-order valence-corrected chi connectivity index (χ4v) is 3.84. The summed E-state index contributed by atoms with van der Waals surface area (Å²) in [7, 11) is 1.53. The fraction of sp³-hybridized carbons (Fsp3) is 0.286. The van der Waals surface area contributed by atoms with Crippen molar-refractivity contribution >= 4 is 29.5 Å². The minimum absolute atomic E-state index is 0.362. The van der Waals surface area contributed by atoms with E-state index in [0.29, 0.717) is 10.7 Å². The molecule has 0 aliphatic carbocycles. The first-order valence-electron chi connectivity index (χ1n) is 9.11. The molecule has 0 aliphatic rings. The Balaban J connectivity index is 2.10. The molecule has 1 unspecified atom stereocenters. The second kappa shape index (κ2) is 8.88. The molecule has 2 heterocycles. The summed E-state index contributed by atoms with van der Waals surface area (Å²) >= 11 is 7.90. The zero-order valence-corrected chi connectivity index (χ0v) is 18.3. The molecule has 0 aliphatic heterocycles. The van der Waals surface area contributed by atoms with Crippen molar-refractivity contribution in [1.29, 1.82) is 0 Å². The maximum atomic E-state index is 11.9. The molecule has 1 atom stereocenters. The van der Waals surface area contributed by atoms with Gasteiger partial charge in [0.15, 0.2) is 6.10 Å². The Morgan fingerprint density at radius 3 is 2.55 bits per heavy atom. The van der Waals surface area contributed by atoms with E-state index < -0.39 is 12.2 Å². The van der Waals surface area contributed by atoms with Gasteiger partial charge in [0.1, 0.15) is 15.7 Å². The molecule has 3 aromatic rings. The number of alkyl carbamates (subject to hydrolysis) is 1. The molecule has 1 N–H and O–H groups in total. The van der Waals surface area contributed by atoms with Crippen LogP contribution in [-0.2, 0) is 4.74 Å². The van der Waals surface area contributed by atoms with Gasteiger partial charge in [-0.15, -0.1) is 0 Å². The monoisotopic (exact) mass is 430 g/mol. The molecule has 1 aromatic carbocycles. The van der Waals surface area contributed by atoms with E-state index in [1.165, 1.54) is 18.8 Å². The van der Waals surface area contributed by atoms with Crippen molar-refractivity contribution in [2.24, 2.45) is 5.41 Å². The van der Waals surface area contributed by atoms with Crippen LogP contribution in [0.15, 0.2) is 64.8 Å². The van der Waals surface area contributed by atoms with Crippen molar-refractivity contribution in [3.8, 4) is 5.69 Å². The average Bonchev–Trinajstić information content (AvgIpc) is 3.09. The highest BCUT2D eigenvalue weighted by Crippen LogP contribution is 2.39. The summed E-state index contributed by atoms with van der Waals surface area (Å²) in [6.07, 6.45) is 0.692. The van der Waals surface area contributed by atoms with E-state index in [1.807, 2.05) is 69.3 Å². The fourth-order valence-electron chi connectivity index (χ4n) is 2.74. The third-order valence-corrected chi connectivity index (χ3v) is 5.38. The summed E-state index contributed by atoms with van der Waals surface area (Å²) in [4.78, 5) is 16.3. The van der Waals surface area contributed by atoms with Crippen LogP contribution in [0.25, 0.3) is 5.69 Å². The van der Waals surface area contributed by atoms with Gasteiger partial charge < -0.3 is 10.1 Å². The first-order chi connectivity index (χ1) is 13.8. The zero-order chi connectivity index (χ0) is 21.0. The van der Waals surface area contributed by atoms with Gasteiger partial charge in [-0.25, -0.2) is 14.5 Å². The molecule has 0 saturated heterocycles. The minimum atomic E-state index is -0.547. The molecule has 0 radical (unpaired) electrons. The van der Waals surface area contributed by atoms with E-state index >= 15 is 0 Å². The second-order valence-corrected chi connectivity index (χ2v) is 8.89. The van der Waals surface area contributed by atoms with E-state index in [4.69, 9.17) is 21.4 Å². The quantitative estimate of drug-likeness (QED) is 0.577. The largest absolute Gasteiger partial charge is 0.439 e. The van der Waals surface area contributed by atoms with Crippen LogP contribution < -0.4 is 5.32 Å². The van der Waals surface area contributed by atoms with Crippen molar-refractivity contribution < 1.29 is 9.53 Å². The van der Waals surface area contributed by atoms with Crippen molar-refractivity contribution in [2.45, 2.75) is 36.9 Å². The number of hydrogen-bond acceptors (Lipinski definition) is 5. The first-order valence-corrected chi connectivity index (χ1v) is 10.3. The topological polar surface area (TPSA) is 69.0 Å². The van der Waals surface area contributed by atoms with Crippen LogP contribution in [-0.4, -0.2) is 27.9 Å². The smallest absolute Gasteiger partial charge is 0.407 e. The molecule has 0 fully saturated rings. The van der Waals surface area contributed by atoms with Gasteiger partial charge in [0.05, 0.1) is 10.7 Å². The highest BCUT2D eigenvalue weighted by atomic mass is 35.5. The normalized spacial score (nSPS) is 12.4. The van der Waals surface area contributed by atoms with Crippen LogP contribution in [0.3, 0.4) is 0 Å². The number of nitrogens with zero attached hydrogens (tertiary/aromatic N) is 3. The predicted octanol–water partition coefficient (Wildman–Crippen LogP) is 5.52. The molecule has 0 spiro atoms. The molecule has 1 amide bonds. The molecule has 8 heteroatoms. The third kappa shape index (κ3) is 5.10. The van der Waals surface area contributed by atoms with E-state index in [1.54, 1.807) is 10.9 Å². The van der Waals surface area contributed by atoms with E-state index in [2.05, 4.69) is 10.3 Å². The number of aromatic nitrogens is 3. The Hall–Kier alpha value is -2.51. The van der Waals surface area contributed by atoms with E-state index in [0.717, 1.165) is 15.7 Å². The SMILES string of the molecule is CNC(=O)OC(c1cc(Sc2ccccn2)n(-c2ccccc2Cl)n1)C(C)(C)C. The summed E-state index contributed by atoms with van der Waals surface area (Å²) in [5.74, 6) is 0. The molecule has 2 aromatic heterocycles. The van der Waals surface area contributed by atoms with Crippen LogP contribution in [0.1, 0.15) is 32.6 Å². The summed E-state index contributed by atoms with van der Waals surface area (Å²) < 4.78 is 7.42. The summed E-state index contributed by atoms with van der Waals surface area (Å²) in [5, 5.41) is 9.50. The average molecular weight is 431 g/mol. The molecule has 6 nitrogen and oxygen atoms in total. The second-order valence-electron chi connectivity index (χ2n) is 7.44. The molecule has 29 heavy (non-hydrogen) atoms. The molecule has 0 saturated carbocycles. The molecule has 0 bridgehead atoms. The predicted molar refractivity (Wildman–Crippen MR) is 115 cm³/mol. The Kier molecular flexibility index (Phi) is 6.49. The van der Waals surface area contributed by atoms with Gasteiger partial charge in [0, 0.05) is 18.7 Å². The lowest BCUT2D eigenvalue weighted by atomic mass is 9.87. The van der Waals surface area contributed by atoms with Crippen molar-refractivity contribution in [3.63, 3.8) is 0 Å². The van der Waals surface area contributed by atoms with Gasteiger partial charge >= 0.3 is 6.09 Å². The zero-order valence-electron chi connectivity index (χ0n) is 16.7. The molecular formula is C21H23ClN4O2S. The number of rotatable bonds is 5. The van der Waals surface area contributed by atoms with Crippen LogP contribution in [0.2, 0.25) is 5.02 Å². The summed E-state index contributed by atoms with van der Waals surface area (Å²) in [6, 6.07) is 15.1. The number of amides is 1. The Bertz CT molecular complexity index is 986. The number of para-hydroxylation sites is 1. The minimum Gasteiger partial charge on any atom is -0.439 e. The van der Waals surface area contributed by atoms with Gasteiger partial charge in [-0.1, -0.05) is 50.6 Å². The first kappa shape index (κ1) is 21.2. The van der Waals surface area contributed by atoms with Crippen LogP contribution >= 0.6 is 23.4 Å². The standard InChI is InChI=1S/C21H23ClN4O2S/c1-21(2,3)19(28-20(27)23-4)15-13-18(29-17-11-7-8-12-24-17)26(25-15)16-10-6-5-9-14(16)22/h5-13,19H,1-4H3,(H,23,27). The van der Waals surface area contributed by atoms with E-state index in [9.17, 15) is 4.79 Å². The van der Waals surface area contributed by atoms with Gasteiger partial charge in [0.25, 0.3) is 0 Å². The van der Waals surface area contributed by atoms with Crippen LogP contribution in [0.5, 0.6) is 0 Å². The number of nitrogens with one attached hydrogen (secondary N) is 1. The maximum absolute atomic E-state index is 11.9. The molecule has 152 valence electrons. The molecule has 3 rings (SSSR count). The van der Waals surface area contributed by atoms with Crippen molar-refractivity contribution in [3.05, 3.63) is 65.4 Å². The summed E-state index contributed by atoms with van der Waals surface area (Å²) in [5.41, 5.74) is 1.02. The number of hydrogen-bond donors (Lipinski definition) is 1. The van der Waals surface area contributed by atoms with Crippen LogP contribution in [0, 0.1) is 5.41 Å². The lowest BCUT2D eigenvalue weighted by molar-refractivity contribution is 0.0284. The molecular weight excluding hydrogens is 408 g/mol.